The number of aromatic nitrogens is 5. The second kappa shape index (κ2) is 8.87. The van der Waals surface area contributed by atoms with Crippen molar-refractivity contribution in [3.63, 3.8) is 0 Å². The van der Waals surface area contributed by atoms with Crippen molar-refractivity contribution in [2.45, 2.75) is 31.5 Å². The first kappa shape index (κ1) is 22.6. The van der Waals surface area contributed by atoms with Crippen LogP contribution in [0.3, 0.4) is 0 Å². The Morgan fingerprint density at radius 3 is 2.71 bits per heavy atom. The van der Waals surface area contributed by atoms with E-state index in [0.29, 0.717) is 29.8 Å². The molecule has 1 fully saturated rings. The van der Waals surface area contributed by atoms with Crippen LogP contribution in [0.5, 0.6) is 0 Å². The largest absolute Gasteiger partial charge is 0.478 e. The minimum Gasteiger partial charge on any atom is -0.478 e. The second-order valence-electron chi connectivity index (χ2n) is 8.14. The number of aliphatic hydroxyl groups is 1. The maximum Gasteiger partial charge on any atom is 0.357 e. The predicted octanol–water partition coefficient (Wildman–Crippen LogP) is 3.09. The van der Waals surface area contributed by atoms with Crippen molar-refractivity contribution < 1.29 is 28.3 Å². The Morgan fingerprint density at radius 1 is 1.14 bits per heavy atom. The quantitative estimate of drug-likeness (QED) is 0.426. The van der Waals surface area contributed by atoms with Gasteiger partial charge < -0.3 is 19.6 Å². The molecule has 0 spiro atoms. The van der Waals surface area contributed by atoms with Crippen molar-refractivity contribution in [2.75, 3.05) is 11.4 Å². The van der Waals surface area contributed by atoms with E-state index in [-0.39, 0.29) is 36.8 Å². The molecule has 1 unspecified atom stereocenters. The Hall–Kier alpha value is -4.19. The van der Waals surface area contributed by atoms with E-state index >= 15 is 0 Å². The maximum absolute atomic E-state index is 14.8. The summed E-state index contributed by atoms with van der Waals surface area (Å²) in [5.74, 6) is -3.12. The predicted molar refractivity (Wildman–Crippen MR) is 118 cm³/mol. The third kappa shape index (κ3) is 4.12. The molecule has 1 aromatic carbocycles. The zero-order valence-electron chi connectivity index (χ0n) is 18.3. The van der Waals surface area contributed by atoms with Crippen molar-refractivity contribution in [1.29, 1.82) is 0 Å². The van der Waals surface area contributed by atoms with Gasteiger partial charge in [-0.25, -0.2) is 23.5 Å². The molecule has 1 aliphatic rings. The molecule has 10 nitrogen and oxygen atoms in total. The molecule has 3 aromatic heterocycles. The van der Waals surface area contributed by atoms with Gasteiger partial charge in [-0.15, -0.1) is 0 Å². The number of nitrogens with zero attached hydrogens (tertiary/aromatic N) is 6. The highest BCUT2D eigenvalue weighted by atomic mass is 19.1. The normalized spacial score (nSPS) is 18.1. The zero-order chi connectivity index (χ0) is 24.6. The number of carbonyl (C=O) groups is 1. The van der Waals surface area contributed by atoms with E-state index in [1.165, 1.54) is 17.0 Å². The van der Waals surface area contributed by atoms with Crippen LogP contribution in [-0.4, -0.2) is 53.4 Å². The van der Waals surface area contributed by atoms with Gasteiger partial charge >= 0.3 is 5.97 Å². The van der Waals surface area contributed by atoms with E-state index in [1.54, 1.807) is 30.3 Å². The van der Waals surface area contributed by atoms with Crippen LogP contribution in [0.4, 0.5) is 14.6 Å². The summed E-state index contributed by atoms with van der Waals surface area (Å²) in [6.45, 7) is 0.163. The Morgan fingerprint density at radius 2 is 1.97 bits per heavy atom. The first-order valence-corrected chi connectivity index (χ1v) is 10.8. The van der Waals surface area contributed by atoms with Gasteiger partial charge in [0, 0.05) is 24.6 Å². The third-order valence-corrected chi connectivity index (χ3v) is 5.91. The molecule has 0 radical (unpaired) electrons. The van der Waals surface area contributed by atoms with Crippen LogP contribution in [0.2, 0.25) is 0 Å². The molecular weight excluding hydrogens is 462 g/mol. The summed E-state index contributed by atoms with van der Waals surface area (Å²) in [5.41, 5.74) is -0.782. The lowest BCUT2D eigenvalue weighted by Gasteiger charge is -2.40. The number of anilines is 1. The number of aliphatic carboxylic acids is 1. The molecule has 180 valence electrons. The van der Waals surface area contributed by atoms with Crippen LogP contribution in [0.1, 0.15) is 24.8 Å². The van der Waals surface area contributed by atoms with Gasteiger partial charge in [-0.2, -0.15) is 5.10 Å². The van der Waals surface area contributed by atoms with Crippen LogP contribution in [0.15, 0.2) is 53.4 Å². The number of carboxylic acids is 1. The fraction of sp³-hybridized carbons (Fsp3) is 0.261. The van der Waals surface area contributed by atoms with E-state index in [1.807, 2.05) is 0 Å². The number of hydrogen-bond acceptors (Lipinski definition) is 8. The summed E-state index contributed by atoms with van der Waals surface area (Å²) < 4.78 is 35.5. The zero-order valence-corrected chi connectivity index (χ0v) is 18.3. The van der Waals surface area contributed by atoms with Gasteiger partial charge in [0.05, 0.1) is 18.4 Å². The lowest BCUT2D eigenvalue weighted by molar-refractivity contribution is -0.160. The molecule has 1 aliphatic heterocycles. The van der Waals surface area contributed by atoms with Crippen molar-refractivity contribution >= 4 is 11.8 Å². The summed E-state index contributed by atoms with van der Waals surface area (Å²) in [5, 5.41) is 28.7. The van der Waals surface area contributed by atoms with Crippen LogP contribution in [-0.2, 0) is 11.3 Å². The summed E-state index contributed by atoms with van der Waals surface area (Å²) >= 11 is 0. The molecule has 4 heterocycles. The van der Waals surface area contributed by atoms with Gasteiger partial charge in [-0.1, -0.05) is 23.4 Å². The van der Waals surface area contributed by atoms with Crippen LogP contribution >= 0.6 is 0 Å². The topological polar surface area (TPSA) is 130 Å². The Kier molecular flexibility index (Phi) is 5.73. The second-order valence-corrected chi connectivity index (χ2v) is 8.14. The monoisotopic (exact) mass is 482 g/mol. The molecule has 1 atom stereocenters. The van der Waals surface area contributed by atoms with Crippen LogP contribution in [0, 0.1) is 11.6 Å². The van der Waals surface area contributed by atoms with Gasteiger partial charge in [-0.05, 0) is 25.0 Å². The van der Waals surface area contributed by atoms with Crippen molar-refractivity contribution in [2.24, 2.45) is 0 Å². The number of hydrogen-bond donors (Lipinski definition) is 2. The molecule has 5 rings (SSSR count). The highest BCUT2D eigenvalue weighted by Gasteiger charge is 2.46. The Bertz CT molecular complexity index is 1380. The number of halogens is 2. The van der Waals surface area contributed by atoms with Gasteiger partial charge in [0.15, 0.2) is 17.5 Å². The molecular formula is C23H20F2N6O4. The number of benzene rings is 1. The lowest BCUT2D eigenvalue weighted by Crippen LogP contribution is -2.58. The minimum absolute atomic E-state index is 0.00302. The van der Waals surface area contributed by atoms with Gasteiger partial charge in [-0.3, -0.25) is 4.68 Å². The first-order valence-electron chi connectivity index (χ1n) is 10.8. The fourth-order valence-corrected chi connectivity index (χ4v) is 4.12. The molecule has 0 aliphatic carbocycles. The SMILES string of the molecule is O=C(O)C1(O)CCCCN1c1nc(-c2cc(-c3ccon3)n(Cc3ccccc3F)n2)ncc1F. The molecule has 1 saturated heterocycles. The molecule has 4 aromatic rings. The van der Waals surface area contributed by atoms with Crippen LogP contribution < -0.4 is 4.90 Å². The Balaban J connectivity index is 1.58. The summed E-state index contributed by atoms with van der Waals surface area (Å²) in [7, 11) is 0. The van der Waals surface area contributed by atoms with E-state index in [0.717, 1.165) is 11.1 Å². The lowest BCUT2D eigenvalue weighted by atomic mass is 9.98. The molecule has 2 N–H and O–H groups in total. The van der Waals surface area contributed by atoms with Gasteiger partial charge in [0.25, 0.3) is 0 Å². The van der Waals surface area contributed by atoms with E-state index in [4.69, 9.17) is 4.52 Å². The number of piperidine rings is 1. The molecule has 35 heavy (non-hydrogen) atoms. The van der Waals surface area contributed by atoms with Gasteiger partial charge in [0.2, 0.25) is 5.72 Å². The smallest absolute Gasteiger partial charge is 0.357 e. The molecule has 0 amide bonds. The Labute approximate surface area is 197 Å². The average Bonchev–Trinajstić information content (AvgIpc) is 3.52. The van der Waals surface area contributed by atoms with Gasteiger partial charge in [0.1, 0.15) is 23.5 Å². The summed E-state index contributed by atoms with van der Waals surface area (Å²) in [4.78, 5) is 21.1. The standard InChI is InChI=1S/C23H20F2N6O4/c24-15-6-2-1-5-14(15)13-31-19(17-7-10-35-29-17)11-18(28-31)20-26-12-16(25)21(27-20)30-9-4-3-8-23(30,34)22(32)33/h1-2,5-7,10-12,34H,3-4,8-9,13H2,(H,32,33). The van der Waals surface area contributed by atoms with Crippen molar-refractivity contribution in [1.82, 2.24) is 24.9 Å². The molecule has 0 saturated carbocycles. The first-order chi connectivity index (χ1) is 16.9. The molecule has 12 heteroatoms. The van der Waals surface area contributed by atoms with Crippen LogP contribution in [0.25, 0.3) is 22.9 Å². The third-order valence-electron chi connectivity index (χ3n) is 5.91. The molecule has 0 bridgehead atoms. The minimum atomic E-state index is -2.29. The number of carboxylic acid groups (broad SMARTS) is 1. The highest BCUT2D eigenvalue weighted by molar-refractivity contribution is 5.81. The van der Waals surface area contributed by atoms with E-state index in [2.05, 4.69) is 20.2 Å². The summed E-state index contributed by atoms with van der Waals surface area (Å²) in [6, 6.07) is 9.45. The fourth-order valence-electron chi connectivity index (χ4n) is 4.12. The van der Waals surface area contributed by atoms with Crippen molar-refractivity contribution in [3.8, 4) is 22.9 Å². The highest BCUT2D eigenvalue weighted by Crippen LogP contribution is 2.33. The maximum atomic E-state index is 14.8. The van der Waals surface area contributed by atoms with E-state index < -0.39 is 23.3 Å². The summed E-state index contributed by atoms with van der Waals surface area (Å²) in [6.07, 6.45) is 3.24. The average molecular weight is 482 g/mol. The van der Waals surface area contributed by atoms with E-state index in [9.17, 15) is 23.8 Å². The number of rotatable bonds is 6. The van der Waals surface area contributed by atoms with Crippen molar-refractivity contribution in [3.05, 3.63) is 66.1 Å².